The number of nitrogens with one attached hydrogen (secondary N) is 2. The summed E-state index contributed by atoms with van der Waals surface area (Å²) in [7, 11) is 0. The van der Waals surface area contributed by atoms with Gasteiger partial charge >= 0.3 is 0 Å². The van der Waals surface area contributed by atoms with Crippen LogP contribution in [0.25, 0.3) is 11.3 Å². The van der Waals surface area contributed by atoms with Crippen LogP contribution in [0.3, 0.4) is 0 Å². The van der Waals surface area contributed by atoms with Gasteiger partial charge < -0.3 is 4.98 Å². The molecule has 0 spiro atoms. The molecule has 3 nitrogen and oxygen atoms in total. The first-order chi connectivity index (χ1) is 7.58. The number of halogens is 2. The highest BCUT2D eigenvalue weighted by molar-refractivity contribution is 7.71. The Morgan fingerprint density at radius 3 is 2.62 bits per heavy atom. The molecule has 0 atom stereocenters. The van der Waals surface area contributed by atoms with Gasteiger partial charge in [-0.3, -0.25) is 9.78 Å². The second-order valence-electron chi connectivity index (χ2n) is 3.10. The maximum absolute atomic E-state index is 11.3. The predicted molar refractivity (Wildman–Crippen MR) is 67.7 cm³/mol. The smallest absolute Gasteiger partial charge is 0.252 e. The van der Waals surface area contributed by atoms with E-state index in [2.05, 4.69) is 9.97 Å². The van der Waals surface area contributed by atoms with Crippen molar-refractivity contribution < 1.29 is 0 Å². The lowest BCUT2D eigenvalue weighted by Crippen LogP contribution is -2.06. The number of aromatic amines is 2. The van der Waals surface area contributed by atoms with Crippen LogP contribution in [-0.2, 0) is 0 Å². The minimum absolute atomic E-state index is 0.249. The molecule has 82 valence electrons. The van der Waals surface area contributed by atoms with Gasteiger partial charge in [-0.05, 0) is 18.3 Å². The van der Waals surface area contributed by atoms with Crippen molar-refractivity contribution in [3.63, 3.8) is 0 Å². The van der Waals surface area contributed by atoms with Gasteiger partial charge in [-0.2, -0.15) is 0 Å². The highest BCUT2D eigenvalue weighted by atomic mass is 35.5. The SMILES string of the molecule is O=c1cc(-c2cccc(Cl)c2Cl)[nH]c(=S)[nH]1. The van der Waals surface area contributed by atoms with Crippen LogP contribution >= 0.6 is 35.4 Å². The fourth-order valence-electron chi connectivity index (χ4n) is 1.33. The Bertz CT molecular complexity index is 620. The van der Waals surface area contributed by atoms with Gasteiger partial charge in [0.15, 0.2) is 4.77 Å². The van der Waals surface area contributed by atoms with Gasteiger partial charge in [0.05, 0.1) is 15.7 Å². The van der Waals surface area contributed by atoms with E-state index in [9.17, 15) is 4.79 Å². The molecule has 16 heavy (non-hydrogen) atoms. The summed E-state index contributed by atoms with van der Waals surface area (Å²) in [6, 6.07) is 6.57. The van der Waals surface area contributed by atoms with E-state index in [1.165, 1.54) is 6.07 Å². The number of H-pyrrole nitrogens is 2. The number of hydrogen-bond acceptors (Lipinski definition) is 2. The van der Waals surface area contributed by atoms with Crippen molar-refractivity contribution in [3.8, 4) is 11.3 Å². The summed E-state index contributed by atoms with van der Waals surface area (Å²) in [6.07, 6.45) is 0. The van der Waals surface area contributed by atoms with Crippen LogP contribution in [-0.4, -0.2) is 9.97 Å². The molecule has 2 N–H and O–H groups in total. The molecule has 0 aliphatic rings. The van der Waals surface area contributed by atoms with Gasteiger partial charge in [0.2, 0.25) is 0 Å². The van der Waals surface area contributed by atoms with Crippen LogP contribution in [0.4, 0.5) is 0 Å². The second kappa shape index (κ2) is 4.41. The van der Waals surface area contributed by atoms with Gasteiger partial charge in [-0.25, -0.2) is 0 Å². The van der Waals surface area contributed by atoms with Crippen LogP contribution in [0.1, 0.15) is 0 Å². The summed E-state index contributed by atoms with van der Waals surface area (Å²) in [5, 5.41) is 0.819. The van der Waals surface area contributed by atoms with E-state index in [1.54, 1.807) is 18.2 Å². The summed E-state index contributed by atoms with van der Waals surface area (Å²) in [4.78, 5) is 16.6. The summed E-state index contributed by atoms with van der Waals surface area (Å²) >= 11 is 16.8. The van der Waals surface area contributed by atoms with E-state index < -0.39 is 0 Å². The molecule has 0 saturated heterocycles. The Kier molecular flexibility index (Phi) is 3.14. The second-order valence-corrected chi connectivity index (χ2v) is 4.30. The van der Waals surface area contributed by atoms with E-state index >= 15 is 0 Å². The normalized spacial score (nSPS) is 10.4. The average molecular weight is 273 g/mol. The maximum Gasteiger partial charge on any atom is 0.252 e. The Labute approximate surface area is 106 Å². The molecule has 0 bridgehead atoms. The third-order valence-electron chi connectivity index (χ3n) is 2.00. The molecule has 0 fully saturated rings. The van der Waals surface area contributed by atoms with E-state index in [0.29, 0.717) is 21.3 Å². The lowest BCUT2D eigenvalue weighted by molar-refractivity contribution is 1.09. The standard InChI is InChI=1S/C10H6Cl2N2OS/c11-6-3-1-2-5(9(6)12)7-4-8(15)14-10(16)13-7/h1-4H,(H2,13,14,15,16). The Balaban J connectivity index is 2.72. The fourth-order valence-corrected chi connectivity index (χ4v) is 1.94. The topological polar surface area (TPSA) is 48.6 Å². The molecule has 0 saturated carbocycles. The molecule has 1 aromatic heterocycles. The zero-order valence-electron chi connectivity index (χ0n) is 7.88. The Hall–Kier alpha value is -1.10. The van der Waals surface area contributed by atoms with E-state index in [1.807, 2.05) is 0 Å². The number of rotatable bonds is 1. The highest BCUT2D eigenvalue weighted by Gasteiger charge is 2.07. The van der Waals surface area contributed by atoms with Crippen LogP contribution < -0.4 is 5.56 Å². The zero-order chi connectivity index (χ0) is 11.7. The van der Waals surface area contributed by atoms with Crippen molar-refractivity contribution in [1.29, 1.82) is 0 Å². The quantitative estimate of drug-likeness (QED) is 0.782. The molecule has 1 aromatic carbocycles. The number of benzene rings is 1. The average Bonchev–Trinajstić information content (AvgIpc) is 2.20. The van der Waals surface area contributed by atoms with Crippen molar-refractivity contribution in [3.05, 3.63) is 49.4 Å². The summed E-state index contributed by atoms with van der Waals surface area (Å²) < 4.78 is 0.249. The summed E-state index contributed by atoms with van der Waals surface area (Å²) in [6.45, 7) is 0. The fraction of sp³-hybridized carbons (Fsp3) is 0. The monoisotopic (exact) mass is 272 g/mol. The van der Waals surface area contributed by atoms with Crippen LogP contribution in [0.5, 0.6) is 0 Å². The first-order valence-electron chi connectivity index (χ1n) is 4.36. The minimum Gasteiger partial charge on any atom is -0.332 e. The van der Waals surface area contributed by atoms with Gasteiger partial charge in [-0.15, -0.1) is 0 Å². The number of hydrogen-bond donors (Lipinski definition) is 2. The largest absolute Gasteiger partial charge is 0.332 e. The van der Waals surface area contributed by atoms with E-state index in [0.717, 1.165) is 0 Å². The van der Waals surface area contributed by atoms with Gasteiger partial charge in [0.1, 0.15) is 0 Å². The zero-order valence-corrected chi connectivity index (χ0v) is 10.2. The van der Waals surface area contributed by atoms with E-state index in [-0.39, 0.29) is 10.3 Å². The van der Waals surface area contributed by atoms with Crippen molar-refractivity contribution in [2.24, 2.45) is 0 Å². The lowest BCUT2D eigenvalue weighted by Gasteiger charge is -2.05. The first-order valence-corrected chi connectivity index (χ1v) is 5.52. The van der Waals surface area contributed by atoms with Gasteiger partial charge in [-0.1, -0.05) is 35.3 Å². The molecule has 0 amide bonds. The van der Waals surface area contributed by atoms with Crippen LogP contribution in [0.2, 0.25) is 10.0 Å². The molecule has 1 heterocycles. The molecular weight excluding hydrogens is 267 g/mol. The van der Waals surface area contributed by atoms with Crippen LogP contribution in [0.15, 0.2) is 29.1 Å². The molecule has 0 aliphatic heterocycles. The van der Waals surface area contributed by atoms with Crippen molar-refractivity contribution in [1.82, 2.24) is 9.97 Å². The molecule has 2 rings (SSSR count). The Morgan fingerprint density at radius 2 is 1.94 bits per heavy atom. The summed E-state index contributed by atoms with van der Waals surface area (Å²) in [5.41, 5.74) is 0.905. The molecule has 0 aliphatic carbocycles. The molecule has 6 heteroatoms. The third-order valence-corrected chi connectivity index (χ3v) is 3.03. The van der Waals surface area contributed by atoms with Gasteiger partial charge in [0, 0.05) is 11.6 Å². The minimum atomic E-state index is -0.283. The predicted octanol–water partition coefficient (Wildman–Crippen LogP) is 3.41. The van der Waals surface area contributed by atoms with E-state index in [4.69, 9.17) is 35.4 Å². The first kappa shape index (κ1) is 11.4. The third kappa shape index (κ3) is 2.19. The van der Waals surface area contributed by atoms with Crippen molar-refractivity contribution in [2.45, 2.75) is 0 Å². The molecule has 0 radical (unpaired) electrons. The van der Waals surface area contributed by atoms with Crippen molar-refractivity contribution in [2.75, 3.05) is 0 Å². The lowest BCUT2D eigenvalue weighted by atomic mass is 10.1. The van der Waals surface area contributed by atoms with Gasteiger partial charge in [0.25, 0.3) is 5.56 Å². The maximum atomic E-state index is 11.3. The number of aromatic nitrogens is 2. The van der Waals surface area contributed by atoms with Crippen LogP contribution in [0, 0.1) is 4.77 Å². The molecule has 2 aromatic rings. The highest BCUT2D eigenvalue weighted by Crippen LogP contribution is 2.31. The van der Waals surface area contributed by atoms with Crippen molar-refractivity contribution >= 4 is 35.4 Å². The molecular formula is C10H6Cl2N2OS. The summed E-state index contributed by atoms with van der Waals surface area (Å²) in [5.74, 6) is 0. The Morgan fingerprint density at radius 1 is 1.19 bits per heavy atom. The molecule has 0 unspecified atom stereocenters.